The number of para-hydroxylation sites is 2. The highest BCUT2D eigenvalue weighted by atomic mass is 19.1. The monoisotopic (exact) mass is 396 g/mol. The van der Waals surface area contributed by atoms with Crippen LogP contribution in [0.1, 0.15) is 15.9 Å². The number of ether oxygens (including phenoxy) is 1. The molecule has 0 atom stereocenters. The number of rotatable bonds is 7. The fourth-order valence-corrected chi connectivity index (χ4v) is 2.60. The lowest BCUT2D eigenvalue weighted by Crippen LogP contribution is -2.25. The van der Waals surface area contributed by atoms with Gasteiger partial charge in [-0.25, -0.2) is 8.78 Å². The van der Waals surface area contributed by atoms with Gasteiger partial charge in [0.2, 0.25) is 0 Å². The molecule has 0 bridgehead atoms. The number of carbonyl (C=O) groups excluding carboxylic acids is 2. The summed E-state index contributed by atoms with van der Waals surface area (Å²) in [5.74, 6) is -1.74. The first-order chi connectivity index (χ1) is 14.0. The molecule has 0 saturated carbocycles. The van der Waals surface area contributed by atoms with E-state index in [0.717, 1.165) is 0 Å². The molecule has 0 unspecified atom stereocenters. The molecule has 148 valence electrons. The molecule has 0 aromatic heterocycles. The standard InChI is InChI=1S/C22H18F2N2O3/c23-16-7-5-6-15(12-16)13-25-22(28)17-8-1-4-11-20(17)29-14-21(27)26-19-10-3-2-9-18(19)24/h1-12H,13-14H2,(H,25,28)(H,26,27). The second kappa shape index (κ2) is 9.45. The maximum absolute atomic E-state index is 13.6. The lowest BCUT2D eigenvalue weighted by Gasteiger charge is -2.12. The third kappa shape index (κ3) is 5.62. The summed E-state index contributed by atoms with van der Waals surface area (Å²) in [5.41, 5.74) is 0.880. The van der Waals surface area contributed by atoms with Gasteiger partial charge in [-0.05, 0) is 42.0 Å². The molecule has 0 saturated heterocycles. The Morgan fingerprint density at radius 1 is 0.897 bits per heavy atom. The van der Waals surface area contributed by atoms with Gasteiger partial charge in [-0.1, -0.05) is 36.4 Å². The van der Waals surface area contributed by atoms with Crippen molar-refractivity contribution in [2.24, 2.45) is 0 Å². The predicted molar refractivity (Wildman–Crippen MR) is 105 cm³/mol. The second-order valence-corrected chi connectivity index (χ2v) is 6.13. The number of halogens is 2. The second-order valence-electron chi connectivity index (χ2n) is 6.13. The minimum Gasteiger partial charge on any atom is -0.483 e. The van der Waals surface area contributed by atoms with Gasteiger partial charge in [-0.3, -0.25) is 9.59 Å². The lowest BCUT2D eigenvalue weighted by molar-refractivity contribution is -0.118. The Morgan fingerprint density at radius 2 is 1.66 bits per heavy atom. The lowest BCUT2D eigenvalue weighted by atomic mass is 10.1. The Hall–Kier alpha value is -3.74. The average Bonchev–Trinajstić information content (AvgIpc) is 2.72. The van der Waals surface area contributed by atoms with Crippen LogP contribution in [-0.4, -0.2) is 18.4 Å². The van der Waals surface area contributed by atoms with Gasteiger partial charge >= 0.3 is 0 Å². The Bertz CT molecular complexity index is 1020. The number of nitrogens with one attached hydrogen (secondary N) is 2. The van der Waals surface area contributed by atoms with Crippen LogP contribution in [0, 0.1) is 11.6 Å². The third-order valence-corrected chi connectivity index (χ3v) is 3.98. The fraction of sp³-hybridized carbons (Fsp3) is 0.0909. The van der Waals surface area contributed by atoms with E-state index in [2.05, 4.69) is 10.6 Å². The molecule has 0 heterocycles. The molecule has 0 spiro atoms. The molecule has 0 aliphatic heterocycles. The van der Waals surface area contributed by atoms with Gasteiger partial charge in [0.05, 0.1) is 11.3 Å². The van der Waals surface area contributed by atoms with Crippen molar-refractivity contribution in [2.45, 2.75) is 6.54 Å². The molecule has 5 nitrogen and oxygen atoms in total. The summed E-state index contributed by atoms with van der Waals surface area (Å²) >= 11 is 0. The van der Waals surface area contributed by atoms with Crippen LogP contribution in [0.4, 0.5) is 14.5 Å². The molecule has 3 aromatic carbocycles. The topological polar surface area (TPSA) is 67.4 Å². The Kier molecular flexibility index (Phi) is 6.52. The number of hydrogen-bond donors (Lipinski definition) is 2. The van der Waals surface area contributed by atoms with Gasteiger partial charge < -0.3 is 15.4 Å². The van der Waals surface area contributed by atoms with E-state index in [1.165, 1.54) is 30.3 Å². The van der Waals surface area contributed by atoms with Crippen LogP contribution in [0.25, 0.3) is 0 Å². The Balaban J connectivity index is 1.60. The predicted octanol–water partition coefficient (Wildman–Crippen LogP) is 3.91. The molecule has 2 amide bonds. The van der Waals surface area contributed by atoms with Gasteiger partial charge in [-0.2, -0.15) is 0 Å². The highest BCUT2D eigenvalue weighted by Crippen LogP contribution is 2.18. The minimum absolute atomic E-state index is 0.0437. The van der Waals surface area contributed by atoms with Crippen LogP contribution in [0.3, 0.4) is 0 Å². The van der Waals surface area contributed by atoms with Crippen molar-refractivity contribution < 1.29 is 23.1 Å². The van der Waals surface area contributed by atoms with Gasteiger partial charge in [-0.15, -0.1) is 0 Å². The van der Waals surface area contributed by atoms with Crippen LogP contribution >= 0.6 is 0 Å². The minimum atomic E-state index is -0.565. The molecular formula is C22H18F2N2O3. The summed E-state index contributed by atoms with van der Waals surface area (Å²) in [5, 5.41) is 5.09. The molecule has 3 rings (SSSR count). The fourth-order valence-electron chi connectivity index (χ4n) is 2.60. The summed E-state index contributed by atoms with van der Waals surface area (Å²) in [6, 6.07) is 18.1. The molecule has 3 aromatic rings. The molecule has 2 N–H and O–H groups in total. The average molecular weight is 396 g/mol. The molecule has 0 aliphatic rings. The van der Waals surface area contributed by atoms with E-state index < -0.39 is 24.2 Å². The maximum atomic E-state index is 13.6. The van der Waals surface area contributed by atoms with Crippen LogP contribution in [0.15, 0.2) is 72.8 Å². The zero-order valence-corrected chi connectivity index (χ0v) is 15.3. The van der Waals surface area contributed by atoms with E-state index >= 15 is 0 Å². The zero-order chi connectivity index (χ0) is 20.6. The van der Waals surface area contributed by atoms with Crippen molar-refractivity contribution in [1.29, 1.82) is 0 Å². The summed E-state index contributed by atoms with van der Waals surface area (Å²) in [6.07, 6.45) is 0. The first kappa shape index (κ1) is 20.0. The molecule has 0 radical (unpaired) electrons. The van der Waals surface area contributed by atoms with Crippen LogP contribution in [0.2, 0.25) is 0 Å². The van der Waals surface area contributed by atoms with Crippen molar-refractivity contribution in [1.82, 2.24) is 5.32 Å². The van der Waals surface area contributed by atoms with Gasteiger partial charge in [0.1, 0.15) is 17.4 Å². The molecule has 29 heavy (non-hydrogen) atoms. The van der Waals surface area contributed by atoms with Crippen molar-refractivity contribution in [3.63, 3.8) is 0 Å². The number of hydrogen-bond acceptors (Lipinski definition) is 3. The highest BCUT2D eigenvalue weighted by Gasteiger charge is 2.14. The van der Waals surface area contributed by atoms with Crippen molar-refractivity contribution >= 4 is 17.5 Å². The van der Waals surface area contributed by atoms with Crippen molar-refractivity contribution in [2.75, 3.05) is 11.9 Å². The Morgan fingerprint density at radius 3 is 2.45 bits per heavy atom. The first-order valence-corrected chi connectivity index (χ1v) is 8.82. The van der Waals surface area contributed by atoms with E-state index in [-0.39, 0.29) is 29.4 Å². The largest absolute Gasteiger partial charge is 0.483 e. The SMILES string of the molecule is O=C(COc1ccccc1C(=O)NCc1cccc(F)c1)Nc1ccccc1F. The third-order valence-electron chi connectivity index (χ3n) is 3.98. The van der Waals surface area contributed by atoms with E-state index in [9.17, 15) is 18.4 Å². The summed E-state index contributed by atoms with van der Waals surface area (Å²) in [4.78, 5) is 24.5. The number of anilines is 1. The number of benzene rings is 3. The van der Waals surface area contributed by atoms with Gasteiger partial charge in [0.25, 0.3) is 11.8 Å². The van der Waals surface area contributed by atoms with Crippen molar-refractivity contribution in [3.8, 4) is 5.75 Å². The smallest absolute Gasteiger partial charge is 0.262 e. The van der Waals surface area contributed by atoms with Crippen molar-refractivity contribution in [3.05, 3.63) is 95.6 Å². The number of amides is 2. The van der Waals surface area contributed by atoms with E-state index in [4.69, 9.17) is 4.74 Å². The van der Waals surface area contributed by atoms with E-state index in [1.54, 1.807) is 42.5 Å². The van der Waals surface area contributed by atoms with Gasteiger partial charge in [0.15, 0.2) is 6.61 Å². The summed E-state index contributed by atoms with van der Waals surface area (Å²) in [7, 11) is 0. The van der Waals surface area contributed by atoms with Crippen LogP contribution in [-0.2, 0) is 11.3 Å². The van der Waals surface area contributed by atoms with Gasteiger partial charge in [0, 0.05) is 6.54 Å². The normalized spacial score (nSPS) is 10.3. The summed E-state index contributed by atoms with van der Waals surface area (Å²) < 4.78 is 32.3. The van der Waals surface area contributed by atoms with Crippen LogP contribution < -0.4 is 15.4 Å². The molecule has 7 heteroatoms. The van der Waals surface area contributed by atoms with Crippen LogP contribution in [0.5, 0.6) is 5.75 Å². The Labute approximate surface area is 166 Å². The van der Waals surface area contributed by atoms with E-state index in [1.807, 2.05) is 0 Å². The highest BCUT2D eigenvalue weighted by molar-refractivity contribution is 5.97. The number of carbonyl (C=O) groups is 2. The maximum Gasteiger partial charge on any atom is 0.262 e. The summed E-state index contributed by atoms with van der Waals surface area (Å²) in [6.45, 7) is -0.263. The first-order valence-electron chi connectivity index (χ1n) is 8.82. The molecule has 0 aliphatic carbocycles. The molecular weight excluding hydrogens is 378 g/mol. The molecule has 0 fully saturated rings. The van der Waals surface area contributed by atoms with E-state index in [0.29, 0.717) is 5.56 Å². The zero-order valence-electron chi connectivity index (χ0n) is 15.3. The quantitative estimate of drug-likeness (QED) is 0.636.